The number of hydrogen-bond acceptors (Lipinski definition) is 7. The molecule has 1 aliphatic carbocycles. The van der Waals surface area contributed by atoms with Crippen molar-refractivity contribution in [2.24, 2.45) is 7.05 Å². The van der Waals surface area contributed by atoms with E-state index >= 15 is 0 Å². The highest BCUT2D eigenvalue weighted by atomic mass is 32.2. The Kier molecular flexibility index (Phi) is 6.89. The molecule has 0 spiro atoms. The number of nitrogens with zero attached hydrogens (tertiary/aromatic N) is 3. The summed E-state index contributed by atoms with van der Waals surface area (Å²) >= 11 is 1.31. The van der Waals surface area contributed by atoms with Gasteiger partial charge < -0.3 is 10.0 Å². The lowest BCUT2D eigenvalue weighted by Gasteiger charge is -2.21. The maximum absolute atomic E-state index is 14.8. The smallest absolute Gasteiger partial charge is 0.336 e. The fourth-order valence-electron chi connectivity index (χ4n) is 4.58. The molecule has 5 rings (SSSR count). The number of nitrogens with one attached hydrogen (secondary N) is 3. The number of fused-ring (bicyclic) bond motifs is 1. The quantitative estimate of drug-likeness (QED) is 0.228. The van der Waals surface area contributed by atoms with E-state index < -0.39 is 22.6 Å². The Balaban J connectivity index is 1.84. The van der Waals surface area contributed by atoms with Crippen LogP contribution in [0, 0.1) is 19.7 Å². The number of pyridine rings is 1. The molecule has 198 valence electrons. The third-order valence-corrected chi connectivity index (χ3v) is 7.39. The summed E-state index contributed by atoms with van der Waals surface area (Å²) in [5.41, 5.74) is 1.13. The molecule has 0 unspecified atom stereocenters. The third-order valence-electron chi connectivity index (χ3n) is 6.62. The summed E-state index contributed by atoms with van der Waals surface area (Å²) < 4.78 is 25.1. The Hall–Kier alpha value is -3.83. The Labute approximate surface area is 222 Å². The number of hydrogen-bond donors (Lipinski definition) is 3. The lowest BCUT2D eigenvalue weighted by Crippen LogP contribution is -2.41. The molecule has 0 aliphatic heterocycles. The second-order valence-corrected chi connectivity index (χ2v) is 10.1. The van der Waals surface area contributed by atoms with Gasteiger partial charge >= 0.3 is 5.69 Å². The SMILES string of the molecule is CCNSNc1cccc(-n2c(=O)n(C3CC3)c(=O)c3c(Nc4ccc(C)cc4F)n(C)c(=O)c(C)c32)c1. The number of benzene rings is 2. The largest absolute Gasteiger partial charge is 0.338 e. The van der Waals surface area contributed by atoms with Crippen molar-refractivity contribution in [1.82, 2.24) is 18.4 Å². The van der Waals surface area contributed by atoms with Crippen LogP contribution in [0.3, 0.4) is 0 Å². The molecular formula is C27H29FN6O3S. The van der Waals surface area contributed by atoms with Crippen molar-refractivity contribution in [3.63, 3.8) is 0 Å². The van der Waals surface area contributed by atoms with Crippen LogP contribution in [0.2, 0.25) is 0 Å². The molecule has 0 radical (unpaired) electrons. The van der Waals surface area contributed by atoms with Crippen LogP contribution in [0.1, 0.15) is 36.9 Å². The van der Waals surface area contributed by atoms with Crippen molar-refractivity contribution in [3.05, 3.63) is 90.6 Å². The predicted molar refractivity (Wildman–Crippen MR) is 151 cm³/mol. The molecule has 4 aromatic rings. The molecule has 9 nitrogen and oxygen atoms in total. The minimum absolute atomic E-state index is 0.123. The molecule has 0 saturated heterocycles. The normalized spacial score (nSPS) is 13.2. The molecule has 1 saturated carbocycles. The summed E-state index contributed by atoms with van der Waals surface area (Å²) in [5, 5.41) is 3.13. The molecule has 2 aromatic heterocycles. The molecule has 38 heavy (non-hydrogen) atoms. The highest BCUT2D eigenvalue weighted by molar-refractivity contribution is 7.98. The van der Waals surface area contributed by atoms with Crippen LogP contribution < -0.4 is 31.6 Å². The van der Waals surface area contributed by atoms with E-state index in [1.807, 2.05) is 13.0 Å². The highest BCUT2D eigenvalue weighted by Gasteiger charge is 2.31. The van der Waals surface area contributed by atoms with E-state index in [-0.39, 0.29) is 34.0 Å². The maximum Gasteiger partial charge on any atom is 0.336 e. The molecule has 0 amide bonds. The monoisotopic (exact) mass is 536 g/mol. The van der Waals surface area contributed by atoms with E-state index in [2.05, 4.69) is 14.8 Å². The van der Waals surface area contributed by atoms with Gasteiger partial charge in [-0.3, -0.25) is 23.3 Å². The first-order chi connectivity index (χ1) is 18.2. The summed E-state index contributed by atoms with van der Waals surface area (Å²) in [6.45, 7) is 6.11. The predicted octanol–water partition coefficient (Wildman–Crippen LogP) is 4.27. The Morgan fingerprint density at radius 3 is 2.50 bits per heavy atom. The van der Waals surface area contributed by atoms with Gasteiger partial charge in [-0.25, -0.2) is 13.9 Å². The molecular weight excluding hydrogens is 507 g/mol. The fraction of sp³-hybridized carbons (Fsp3) is 0.296. The lowest BCUT2D eigenvalue weighted by molar-refractivity contribution is 0.630. The average molecular weight is 537 g/mol. The van der Waals surface area contributed by atoms with Gasteiger partial charge in [0, 0.05) is 43.0 Å². The van der Waals surface area contributed by atoms with Gasteiger partial charge in [0.25, 0.3) is 11.1 Å². The van der Waals surface area contributed by atoms with Crippen LogP contribution in [0.25, 0.3) is 16.6 Å². The van der Waals surface area contributed by atoms with Crippen molar-refractivity contribution < 1.29 is 4.39 Å². The van der Waals surface area contributed by atoms with E-state index in [0.717, 1.165) is 17.8 Å². The van der Waals surface area contributed by atoms with Gasteiger partial charge in [0.2, 0.25) is 0 Å². The number of aromatic nitrogens is 3. The number of halogens is 1. The van der Waals surface area contributed by atoms with E-state index in [0.29, 0.717) is 18.5 Å². The first-order valence-corrected chi connectivity index (χ1v) is 13.2. The van der Waals surface area contributed by atoms with Crippen molar-refractivity contribution in [2.75, 3.05) is 16.6 Å². The van der Waals surface area contributed by atoms with Crippen LogP contribution >= 0.6 is 12.1 Å². The number of aryl methyl sites for hydroxylation is 2. The fourth-order valence-corrected chi connectivity index (χ4v) is 5.04. The second kappa shape index (κ2) is 10.1. The Morgan fingerprint density at radius 1 is 1.05 bits per heavy atom. The summed E-state index contributed by atoms with van der Waals surface area (Å²) in [6, 6.07) is 11.7. The zero-order valence-electron chi connectivity index (χ0n) is 21.6. The zero-order valence-corrected chi connectivity index (χ0v) is 22.4. The molecule has 2 aromatic carbocycles. The van der Waals surface area contributed by atoms with E-state index in [4.69, 9.17) is 0 Å². The molecule has 0 bridgehead atoms. The first-order valence-electron chi connectivity index (χ1n) is 12.4. The summed E-state index contributed by atoms with van der Waals surface area (Å²) in [4.78, 5) is 41.2. The van der Waals surface area contributed by atoms with Crippen molar-refractivity contribution in [2.45, 2.75) is 39.7 Å². The van der Waals surface area contributed by atoms with Gasteiger partial charge in [0.05, 0.1) is 16.9 Å². The molecule has 1 fully saturated rings. The molecule has 2 heterocycles. The van der Waals surface area contributed by atoms with Crippen LogP contribution in [0.5, 0.6) is 0 Å². The highest BCUT2D eigenvalue weighted by Crippen LogP contribution is 2.34. The molecule has 0 atom stereocenters. The van der Waals surface area contributed by atoms with Crippen molar-refractivity contribution >= 4 is 40.2 Å². The van der Waals surface area contributed by atoms with Gasteiger partial charge in [-0.05, 0) is 62.6 Å². The van der Waals surface area contributed by atoms with E-state index in [1.54, 1.807) is 44.2 Å². The summed E-state index contributed by atoms with van der Waals surface area (Å²) in [7, 11) is 1.53. The third kappa shape index (κ3) is 4.52. The van der Waals surface area contributed by atoms with Gasteiger partial charge in [0.15, 0.2) is 0 Å². The van der Waals surface area contributed by atoms with E-state index in [9.17, 15) is 18.8 Å². The van der Waals surface area contributed by atoms with Gasteiger partial charge in [-0.15, -0.1) is 0 Å². The zero-order chi connectivity index (χ0) is 27.1. The number of rotatable bonds is 8. The maximum atomic E-state index is 14.8. The van der Waals surface area contributed by atoms with E-state index in [1.165, 1.54) is 38.9 Å². The second-order valence-electron chi connectivity index (χ2n) is 9.45. The number of anilines is 3. The van der Waals surface area contributed by atoms with Crippen LogP contribution in [0.4, 0.5) is 21.6 Å². The Morgan fingerprint density at radius 2 is 1.82 bits per heavy atom. The molecule has 1 aliphatic rings. The molecule has 3 N–H and O–H groups in total. The lowest BCUT2D eigenvalue weighted by atomic mass is 10.1. The van der Waals surface area contributed by atoms with Crippen molar-refractivity contribution in [3.8, 4) is 5.69 Å². The van der Waals surface area contributed by atoms with Crippen LogP contribution in [-0.2, 0) is 7.05 Å². The first kappa shape index (κ1) is 25.8. The molecule has 11 heteroatoms. The van der Waals surface area contributed by atoms with Gasteiger partial charge in [-0.2, -0.15) is 0 Å². The van der Waals surface area contributed by atoms with Gasteiger partial charge in [-0.1, -0.05) is 19.1 Å². The topological polar surface area (TPSA) is 102 Å². The summed E-state index contributed by atoms with van der Waals surface area (Å²) in [6.07, 6.45) is 1.42. The van der Waals surface area contributed by atoms with Crippen LogP contribution in [-0.4, -0.2) is 20.2 Å². The Bertz CT molecular complexity index is 1740. The van der Waals surface area contributed by atoms with Crippen molar-refractivity contribution in [1.29, 1.82) is 0 Å². The average Bonchev–Trinajstić information content (AvgIpc) is 3.72. The minimum Gasteiger partial charge on any atom is -0.338 e. The standard InChI is InChI=1S/C27H29FN6O3S/c1-5-29-38-31-17-7-6-8-19(14-17)33-23-16(3)25(35)32(4)24(30-21-12-9-15(2)13-20(21)28)22(23)26(36)34(27(33)37)18-10-11-18/h6-9,12-14,18,29-31H,5,10-11H2,1-4H3. The summed E-state index contributed by atoms with van der Waals surface area (Å²) in [5.74, 6) is -0.387. The van der Waals surface area contributed by atoms with Gasteiger partial charge in [0.1, 0.15) is 17.0 Å². The van der Waals surface area contributed by atoms with Crippen LogP contribution in [0.15, 0.2) is 56.8 Å². The minimum atomic E-state index is -0.515.